The molecule has 0 aliphatic carbocycles. The number of rotatable bonds is 2. The van der Waals surface area contributed by atoms with Crippen LogP contribution in [0.3, 0.4) is 0 Å². The van der Waals surface area contributed by atoms with E-state index in [1.54, 1.807) is 25.1 Å². The van der Waals surface area contributed by atoms with Crippen molar-refractivity contribution in [2.24, 2.45) is 0 Å². The van der Waals surface area contributed by atoms with Gasteiger partial charge in [-0.15, -0.1) is 0 Å². The molecule has 2 aromatic carbocycles. The lowest BCUT2D eigenvalue weighted by Crippen LogP contribution is -2.02. The average molecular weight is 242 g/mol. The first-order chi connectivity index (χ1) is 8.50. The summed E-state index contributed by atoms with van der Waals surface area (Å²) in [4.78, 5) is 12.2. The zero-order valence-electron chi connectivity index (χ0n) is 10.3. The number of phenolic OH excluding ortho intramolecular Hbond substituents is 2. The van der Waals surface area contributed by atoms with E-state index in [1.807, 2.05) is 19.1 Å². The number of phenols is 2. The summed E-state index contributed by atoms with van der Waals surface area (Å²) in [5, 5.41) is 19.4. The Balaban J connectivity index is 2.46. The van der Waals surface area contributed by atoms with E-state index in [2.05, 4.69) is 0 Å². The van der Waals surface area contributed by atoms with E-state index in [1.165, 1.54) is 6.07 Å². The Hall–Kier alpha value is -2.29. The number of benzene rings is 2. The highest BCUT2D eigenvalue weighted by Crippen LogP contribution is 2.33. The van der Waals surface area contributed by atoms with Crippen molar-refractivity contribution in [3.63, 3.8) is 0 Å². The predicted molar refractivity (Wildman–Crippen MR) is 69.1 cm³/mol. The highest BCUT2D eigenvalue weighted by molar-refractivity contribution is 6.11. The first-order valence-corrected chi connectivity index (χ1v) is 5.63. The maximum atomic E-state index is 12.2. The van der Waals surface area contributed by atoms with Crippen molar-refractivity contribution >= 4 is 5.78 Å². The molecule has 0 aliphatic rings. The molecule has 0 aromatic heterocycles. The number of ketones is 1. The van der Waals surface area contributed by atoms with Crippen LogP contribution in [0.4, 0.5) is 0 Å². The lowest BCUT2D eigenvalue weighted by atomic mass is 10.00. The summed E-state index contributed by atoms with van der Waals surface area (Å²) in [6.45, 7) is 3.60. The van der Waals surface area contributed by atoms with Crippen LogP contribution in [-0.2, 0) is 0 Å². The van der Waals surface area contributed by atoms with Crippen LogP contribution in [-0.4, -0.2) is 16.0 Å². The minimum atomic E-state index is -0.361. The Morgan fingerprint density at radius 1 is 0.889 bits per heavy atom. The number of hydrogen-bond donors (Lipinski definition) is 2. The molecule has 3 nitrogen and oxygen atoms in total. The maximum absolute atomic E-state index is 12.2. The normalized spacial score (nSPS) is 10.3. The molecule has 18 heavy (non-hydrogen) atoms. The zero-order valence-corrected chi connectivity index (χ0v) is 10.3. The summed E-state index contributed by atoms with van der Waals surface area (Å²) < 4.78 is 0. The van der Waals surface area contributed by atoms with E-state index in [0.29, 0.717) is 11.1 Å². The van der Waals surface area contributed by atoms with E-state index < -0.39 is 0 Å². The minimum Gasteiger partial charge on any atom is -0.504 e. The van der Waals surface area contributed by atoms with Crippen LogP contribution in [0.5, 0.6) is 11.5 Å². The number of carbonyl (C=O) groups is 1. The molecular formula is C15H14O3. The lowest BCUT2D eigenvalue weighted by Gasteiger charge is -2.07. The number of carbonyl (C=O) groups excluding carboxylic acids is 1. The lowest BCUT2D eigenvalue weighted by molar-refractivity contribution is 0.103. The summed E-state index contributed by atoms with van der Waals surface area (Å²) >= 11 is 0. The smallest absolute Gasteiger partial charge is 0.196 e. The monoisotopic (exact) mass is 242 g/mol. The van der Waals surface area contributed by atoms with Gasteiger partial charge in [0.05, 0.1) is 5.56 Å². The molecular weight excluding hydrogens is 228 g/mol. The Kier molecular flexibility index (Phi) is 3.06. The van der Waals surface area contributed by atoms with Gasteiger partial charge in [-0.2, -0.15) is 0 Å². The van der Waals surface area contributed by atoms with E-state index in [4.69, 9.17) is 0 Å². The predicted octanol–water partition coefficient (Wildman–Crippen LogP) is 2.95. The van der Waals surface area contributed by atoms with Crippen molar-refractivity contribution in [1.82, 2.24) is 0 Å². The molecule has 0 saturated heterocycles. The molecule has 0 unspecified atom stereocenters. The van der Waals surface area contributed by atoms with Gasteiger partial charge in [0.2, 0.25) is 0 Å². The van der Waals surface area contributed by atoms with Gasteiger partial charge < -0.3 is 10.2 Å². The van der Waals surface area contributed by atoms with Crippen LogP contribution in [0.15, 0.2) is 36.4 Å². The molecule has 0 amide bonds. The molecule has 0 fully saturated rings. The van der Waals surface area contributed by atoms with Crippen molar-refractivity contribution in [2.45, 2.75) is 13.8 Å². The van der Waals surface area contributed by atoms with Crippen LogP contribution < -0.4 is 0 Å². The van der Waals surface area contributed by atoms with E-state index in [-0.39, 0.29) is 22.8 Å². The van der Waals surface area contributed by atoms with Gasteiger partial charge in [-0.25, -0.2) is 0 Å². The molecule has 0 atom stereocenters. The molecule has 0 radical (unpaired) electrons. The highest BCUT2D eigenvalue weighted by Gasteiger charge is 2.17. The van der Waals surface area contributed by atoms with Crippen molar-refractivity contribution in [2.75, 3.05) is 0 Å². The largest absolute Gasteiger partial charge is 0.504 e. The third-order valence-electron chi connectivity index (χ3n) is 2.91. The van der Waals surface area contributed by atoms with Crippen LogP contribution in [0, 0.1) is 13.8 Å². The van der Waals surface area contributed by atoms with Gasteiger partial charge >= 0.3 is 0 Å². The molecule has 0 saturated carbocycles. The highest BCUT2D eigenvalue weighted by atomic mass is 16.3. The Labute approximate surface area is 105 Å². The molecule has 92 valence electrons. The first-order valence-electron chi connectivity index (χ1n) is 5.63. The van der Waals surface area contributed by atoms with E-state index in [9.17, 15) is 15.0 Å². The number of aromatic hydroxyl groups is 2. The van der Waals surface area contributed by atoms with Crippen molar-refractivity contribution in [3.8, 4) is 11.5 Å². The standard InChI is InChI=1S/C15H14O3/c1-9-3-6-11(7-4-9)14(17)12-8-5-10(2)13(16)15(12)18/h3-8,16,18H,1-2H3. The average Bonchev–Trinajstić information content (AvgIpc) is 2.36. The molecule has 2 aromatic rings. The van der Waals surface area contributed by atoms with Gasteiger partial charge in [0.15, 0.2) is 17.3 Å². The second-order valence-corrected chi connectivity index (χ2v) is 4.32. The molecule has 2 rings (SSSR count). The van der Waals surface area contributed by atoms with Crippen LogP contribution >= 0.6 is 0 Å². The summed E-state index contributed by atoms with van der Waals surface area (Å²) in [5.41, 5.74) is 2.19. The maximum Gasteiger partial charge on any atom is 0.196 e. The summed E-state index contributed by atoms with van der Waals surface area (Å²) in [7, 11) is 0. The SMILES string of the molecule is Cc1ccc(C(=O)c2ccc(C)c(O)c2O)cc1. The van der Waals surface area contributed by atoms with Gasteiger partial charge in [0, 0.05) is 5.56 Å². The molecule has 0 aliphatic heterocycles. The van der Waals surface area contributed by atoms with Crippen LogP contribution in [0.25, 0.3) is 0 Å². The Morgan fingerprint density at radius 3 is 2.11 bits per heavy atom. The van der Waals surface area contributed by atoms with Gasteiger partial charge in [-0.3, -0.25) is 4.79 Å². The fourth-order valence-corrected chi connectivity index (χ4v) is 1.72. The molecule has 3 heteroatoms. The van der Waals surface area contributed by atoms with Gasteiger partial charge in [0.25, 0.3) is 0 Å². The third kappa shape index (κ3) is 2.07. The minimum absolute atomic E-state index is 0.113. The summed E-state index contributed by atoms with van der Waals surface area (Å²) in [6, 6.07) is 10.2. The van der Waals surface area contributed by atoms with Crippen molar-refractivity contribution in [3.05, 3.63) is 58.7 Å². The summed E-state index contributed by atoms with van der Waals surface area (Å²) in [5.74, 6) is -0.906. The van der Waals surface area contributed by atoms with Crippen molar-refractivity contribution in [1.29, 1.82) is 0 Å². The van der Waals surface area contributed by atoms with Crippen molar-refractivity contribution < 1.29 is 15.0 Å². The second-order valence-electron chi connectivity index (χ2n) is 4.32. The molecule has 0 bridgehead atoms. The molecule has 2 N–H and O–H groups in total. The van der Waals surface area contributed by atoms with Crippen LogP contribution in [0.2, 0.25) is 0 Å². The van der Waals surface area contributed by atoms with E-state index in [0.717, 1.165) is 5.56 Å². The first kappa shape index (κ1) is 12.2. The van der Waals surface area contributed by atoms with Crippen LogP contribution in [0.1, 0.15) is 27.0 Å². The number of aryl methyl sites for hydroxylation is 2. The third-order valence-corrected chi connectivity index (χ3v) is 2.91. The summed E-state index contributed by atoms with van der Waals surface area (Å²) in [6.07, 6.45) is 0. The molecule has 0 heterocycles. The van der Waals surface area contributed by atoms with Gasteiger partial charge in [0.1, 0.15) is 0 Å². The fourth-order valence-electron chi connectivity index (χ4n) is 1.72. The number of hydrogen-bond acceptors (Lipinski definition) is 3. The Morgan fingerprint density at radius 2 is 1.50 bits per heavy atom. The second kappa shape index (κ2) is 4.53. The fraction of sp³-hybridized carbons (Fsp3) is 0.133. The van der Waals surface area contributed by atoms with E-state index >= 15 is 0 Å². The topological polar surface area (TPSA) is 57.5 Å². The zero-order chi connectivity index (χ0) is 13.3. The Bertz CT molecular complexity index is 598. The quantitative estimate of drug-likeness (QED) is 0.628. The van der Waals surface area contributed by atoms with Gasteiger partial charge in [-0.05, 0) is 25.5 Å². The molecule has 0 spiro atoms. The van der Waals surface area contributed by atoms with Gasteiger partial charge in [-0.1, -0.05) is 35.9 Å².